The monoisotopic (exact) mass is 304 g/mol. The molecule has 0 bridgehead atoms. The number of hydrogen-bond acceptors (Lipinski definition) is 3. The molecule has 0 aliphatic heterocycles. The zero-order valence-electron chi connectivity index (χ0n) is 12.3. The van der Waals surface area contributed by atoms with Crippen molar-refractivity contribution in [2.24, 2.45) is 0 Å². The molecule has 0 unspecified atom stereocenters. The third-order valence-corrected chi connectivity index (χ3v) is 5.00. The van der Waals surface area contributed by atoms with E-state index in [1.54, 1.807) is 24.3 Å². The van der Waals surface area contributed by atoms with Gasteiger partial charge in [0, 0.05) is 0 Å². The molecule has 3 nitrogen and oxygen atoms in total. The van der Waals surface area contributed by atoms with Gasteiger partial charge in [0.2, 0.25) is 0 Å². The molecule has 2 aromatic rings. The van der Waals surface area contributed by atoms with Crippen LogP contribution in [-0.4, -0.2) is 13.5 Å². The van der Waals surface area contributed by atoms with E-state index in [2.05, 4.69) is 0 Å². The molecule has 112 valence electrons. The van der Waals surface area contributed by atoms with Crippen LogP contribution in [0.1, 0.15) is 27.8 Å². The quantitative estimate of drug-likeness (QED) is 0.924. The van der Waals surface area contributed by atoms with Gasteiger partial charge in [0.05, 0.1) is 18.1 Å². The number of aliphatic hydroxyl groups is 1. The van der Waals surface area contributed by atoms with Crippen LogP contribution < -0.4 is 0 Å². The summed E-state index contributed by atoms with van der Waals surface area (Å²) in [5.74, 6) is 0.0777. The summed E-state index contributed by atoms with van der Waals surface area (Å²) in [7, 11) is -3.21. The Morgan fingerprint density at radius 1 is 0.905 bits per heavy atom. The van der Waals surface area contributed by atoms with Crippen LogP contribution in [0, 0.1) is 13.8 Å². The average Bonchev–Trinajstić information content (AvgIpc) is 2.43. The van der Waals surface area contributed by atoms with Crippen LogP contribution in [0.25, 0.3) is 0 Å². The van der Waals surface area contributed by atoms with E-state index in [1.165, 1.54) is 0 Å². The molecule has 0 radical (unpaired) electrons. The first kappa shape index (κ1) is 15.7. The van der Waals surface area contributed by atoms with Gasteiger partial charge in [-0.25, -0.2) is 8.42 Å². The van der Waals surface area contributed by atoms with Gasteiger partial charge in [0.15, 0.2) is 9.84 Å². The minimum Gasteiger partial charge on any atom is -0.392 e. The molecular weight excluding hydrogens is 284 g/mol. The number of rotatable bonds is 5. The van der Waals surface area contributed by atoms with Gasteiger partial charge in [-0.2, -0.15) is 0 Å². The number of aryl methyl sites for hydroxylation is 2. The lowest BCUT2D eigenvalue weighted by molar-refractivity contribution is 0.282. The highest BCUT2D eigenvalue weighted by molar-refractivity contribution is 7.89. The predicted octanol–water partition coefficient (Wildman–Crippen LogP) is 2.91. The molecule has 0 amide bonds. The summed E-state index contributed by atoms with van der Waals surface area (Å²) in [5, 5.41) is 8.99. The summed E-state index contributed by atoms with van der Waals surface area (Å²) in [6.45, 7) is 3.86. The van der Waals surface area contributed by atoms with Crippen LogP contribution in [0.3, 0.4) is 0 Å². The maximum Gasteiger partial charge on any atom is 0.158 e. The summed E-state index contributed by atoms with van der Waals surface area (Å²) in [4.78, 5) is 0. The van der Waals surface area contributed by atoms with E-state index in [4.69, 9.17) is 5.11 Å². The smallest absolute Gasteiger partial charge is 0.158 e. The van der Waals surface area contributed by atoms with Crippen LogP contribution in [0.4, 0.5) is 0 Å². The van der Waals surface area contributed by atoms with Crippen LogP contribution in [0.2, 0.25) is 0 Å². The van der Waals surface area contributed by atoms with E-state index in [-0.39, 0.29) is 18.1 Å². The van der Waals surface area contributed by atoms with Crippen molar-refractivity contribution in [2.75, 3.05) is 0 Å². The Hall–Kier alpha value is -1.65. The van der Waals surface area contributed by atoms with E-state index in [9.17, 15) is 8.42 Å². The molecule has 0 saturated carbocycles. The first-order chi connectivity index (χ1) is 9.89. The van der Waals surface area contributed by atoms with Gasteiger partial charge in [0.1, 0.15) is 0 Å². The fourth-order valence-electron chi connectivity index (χ4n) is 2.24. The van der Waals surface area contributed by atoms with Gasteiger partial charge in [-0.05, 0) is 36.1 Å². The van der Waals surface area contributed by atoms with E-state index in [0.29, 0.717) is 0 Å². The van der Waals surface area contributed by atoms with Gasteiger partial charge in [-0.15, -0.1) is 0 Å². The van der Waals surface area contributed by atoms with Crippen LogP contribution in [-0.2, 0) is 27.9 Å². The van der Waals surface area contributed by atoms with Crippen molar-refractivity contribution in [2.45, 2.75) is 32.0 Å². The van der Waals surface area contributed by atoms with E-state index in [1.807, 2.05) is 32.0 Å². The predicted molar refractivity (Wildman–Crippen MR) is 84.6 cm³/mol. The molecule has 0 heterocycles. The van der Waals surface area contributed by atoms with Crippen molar-refractivity contribution in [3.05, 3.63) is 70.3 Å². The molecule has 0 aliphatic carbocycles. The summed E-state index contributed by atoms with van der Waals surface area (Å²) in [6.07, 6.45) is 0. The summed E-state index contributed by atoms with van der Waals surface area (Å²) < 4.78 is 24.7. The Balaban J connectivity index is 2.16. The summed E-state index contributed by atoms with van der Waals surface area (Å²) in [6, 6.07) is 12.9. The molecule has 1 N–H and O–H groups in total. The highest BCUT2D eigenvalue weighted by Gasteiger charge is 2.14. The van der Waals surface area contributed by atoms with Crippen LogP contribution >= 0.6 is 0 Å². The van der Waals surface area contributed by atoms with Crippen molar-refractivity contribution >= 4 is 9.84 Å². The van der Waals surface area contributed by atoms with E-state index < -0.39 is 9.84 Å². The van der Waals surface area contributed by atoms with E-state index >= 15 is 0 Å². The standard InChI is InChI=1S/C17H20O3S/c1-13-3-4-14(2)17(9-13)12-21(19,20)11-16-7-5-15(10-18)6-8-16/h3-9,18H,10-12H2,1-2H3. The molecule has 0 atom stereocenters. The van der Waals surface area contributed by atoms with Crippen LogP contribution in [0.5, 0.6) is 0 Å². The Morgan fingerprint density at radius 3 is 2.14 bits per heavy atom. The third kappa shape index (κ3) is 4.41. The molecule has 0 aliphatic rings. The Kier molecular flexibility index (Phi) is 4.80. The molecule has 21 heavy (non-hydrogen) atoms. The van der Waals surface area contributed by atoms with Crippen molar-refractivity contribution in [1.82, 2.24) is 0 Å². The van der Waals surface area contributed by atoms with Crippen molar-refractivity contribution in [3.8, 4) is 0 Å². The minimum absolute atomic E-state index is 0.0199. The maximum absolute atomic E-state index is 12.3. The average molecular weight is 304 g/mol. The summed E-state index contributed by atoms with van der Waals surface area (Å²) >= 11 is 0. The Labute approximate surface area is 126 Å². The maximum atomic E-state index is 12.3. The highest BCUT2D eigenvalue weighted by atomic mass is 32.2. The zero-order valence-corrected chi connectivity index (χ0v) is 13.2. The Bertz CT molecular complexity index is 716. The minimum atomic E-state index is -3.21. The molecular formula is C17H20O3S. The number of sulfone groups is 1. The van der Waals surface area contributed by atoms with Gasteiger partial charge < -0.3 is 5.11 Å². The molecule has 0 fully saturated rings. The molecule has 0 spiro atoms. The number of benzene rings is 2. The van der Waals surface area contributed by atoms with Crippen LogP contribution in [0.15, 0.2) is 42.5 Å². The van der Waals surface area contributed by atoms with E-state index in [0.717, 1.165) is 27.8 Å². The molecule has 2 rings (SSSR count). The lowest BCUT2D eigenvalue weighted by Gasteiger charge is -2.09. The fourth-order valence-corrected chi connectivity index (χ4v) is 3.83. The highest BCUT2D eigenvalue weighted by Crippen LogP contribution is 2.17. The number of aliphatic hydroxyl groups excluding tert-OH is 1. The van der Waals surface area contributed by atoms with Crippen molar-refractivity contribution in [1.29, 1.82) is 0 Å². The zero-order chi connectivity index (χ0) is 15.5. The molecule has 0 saturated heterocycles. The number of hydrogen-bond donors (Lipinski definition) is 1. The van der Waals surface area contributed by atoms with Crippen molar-refractivity contribution < 1.29 is 13.5 Å². The van der Waals surface area contributed by atoms with Gasteiger partial charge in [-0.3, -0.25) is 0 Å². The Morgan fingerprint density at radius 2 is 1.52 bits per heavy atom. The lowest BCUT2D eigenvalue weighted by Crippen LogP contribution is -2.09. The SMILES string of the molecule is Cc1ccc(C)c(CS(=O)(=O)Cc2ccc(CO)cc2)c1. The molecule has 2 aromatic carbocycles. The molecule has 0 aromatic heterocycles. The second-order valence-electron chi connectivity index (χ2n) is 5.44. The first-order valence-electron chi connectivity index (χ1n) is 6.85. The van der Waals surface area contributed by atoms with Gasteiger partial charge >= 0.3 is 0 Å². The summed E-state index contributed by atoms with van der Waals surface area (Å²) in [5.41, 5.74) is 4.46. The second kappa shape index (κ2) is 6.41. The fraction of sp³-hybridized carbons (Fsp3) is 0.294. The van der Waals surface area contributed by atoms with Gasteiger partial charge in [0.25, 0.3) is 0 Å². The first-order valence-corrected chi connectivity index (χ1v) is 8.67. The molecule has 4 heteroatoms. The van der Waals surface area contributed by atoms with Gasteiger partial charge in [-0.1, -0.05) is 48.0 Å². The topological polar surface area (TPSA) is 54.4 Å². The normalized spacial score (nSPS) is 11.6. The van der Waals surface area contributed by atoms with Crippen molar-refractivity contribution in [3.63, 3.8) is 0 Å². The second-order valence-corrected chi connectivity index (χ2v) is 7.50. The largest absolute Gasteiger partial charge is 0.392 e. The third-order valence-electron chi connectivity index (χ3n) is 3.47. The lowest BCUT2D eigenvalue weighted by atomic mass is 10.1.